The second-order valence-electron chi connectivity index (χ2n) is 3.49. The molecule has 5 nitrogen and oxygen atoms in total. The van der Waals surface area contributed by atoms with E-state index in [9.17, 15) is 9.59 Å². The predicted octanol–water partition coefficient (Wildman–Crippen LogP) is 1.60. The Morgan fingerprint density at radius 1 is 1.44 bits per heavy atom. The van der Waals surface area contributed by atoms with Gasteiger partial charge in [0.05, 0.1) is 17.1 Å². The minimum atomic E-state index is -0.313. The summed E-state index contributed by atoms with van der Waals surface area (Å²) < 4.78 is 0. The van der Waals surface area contributed by atoms with Crippen molar-refractivity contribution in [1.82, 2.24) is 15.2 Å². The van der Waals surface area contributed by atoms with E-state index in [1.165, 1.54) is 24.2 Å². The highest BCUT2D eigenvalue weighted by molar-refractivity contribution is 6.41. The molecule has 0 aliphatic heterocycles. The third-order valence-electron chi connectivity index (χ3n) is 2.33. The van der Waals surface area contributed by atoms with Gasteiger partial charge in [-0.3, -0.25) is 9.59 Å². The van der Waals surface area contributed by atoms with Crippen LogP contribution in [0.4, 0.5) is 0 Å². The molecule has 0 aliphatic rings. The number of aromatic nitrogens is 1. The van der Waals surface area contributed by atoms with Gasteiger partial charge in [0.15, 0.2) is 0 Å². The van der Waals surface area contributed by atoms with Gasteiger partial charge in [0.2, 0.25) is 5.91 Å². The van der Waals surface area contributed by atoms with Crippen LogP contribution in [0.2, 0.25) is 10.2 Å². The maximum Gasteiger partial charge on any atom is 0.255 e. The van der Waals surface area contributed by atoms with Gasteiger partial charge in [-0.25, -0.2) is 4.98 Å². The Hall–Kier alpha value is -1.33. The molecule has 0 saturated heterocycles. The number of hydrogen-bond donors (Lipinski definition) is 1. The molecule has 1 rings (SSSR count). The number of carbonyl (C=O) groups excluding carboxylic acids is 2. The Balaban J connectivity index is 2.89. The molecule has 0 aromatic carbocycles. The first-order valence-corrected chi connectivity index (χ1v) is 6.06. The number of nitrogens with one attached hydrogen (secondary N) is 1. The first kappa shape index (κ1) is 14.7. The molecule has 1 aromatic rings. The molecule has 0 bridgehead atoms. The molecule has 18 heavy (non-hydrogen) atoms. The van der Waals surface area contributed by atoms with E-state index >= 15 is 0 Å². The van der Waals surface area contributed by atoms with E-state index in [1.807, 2.05) is 0 Å². The summed E-state index contributed by atoms with van der Waals surface area (Å²) in [6.07, 6.45) is 1.34. The van der Waals surface area contributed by atoms with Crippen molar-refractivity contribution in [3.05, 3.63) is 28.0 Å². The van der Waals surface area contributed by atoms with Crippen LogP contribution < -0.4 is 5.32 Å². The largest absolute Gasteiger partial charge is 0.358 e. The van der Waals surface area contributed by atoms with Crippen LogP contribution in [0.1, 0.15) is 17.3 Å². The van der Waals surface area contributed by atoms with Crippen LogP contribution in [0.25, 0.3) is 0 Å². The molecular formula is C11H13Cl2N3O2. The summed E-state index contributed by atoms with van der Waals surface area (Å²) in [4.78, 5) is 28.6. The lowest BCUT2D eigenvalue weighted by Crippen LogP contribution is -2.39. The maximum atomic E-state index is 12.1. The van der Waals surface area contributed by atoms with Crippen molar-refractivity contribution in [2.24, 2.45) is 0 Å². The van der Waals surface area contributed by atoms with Crippen molar-refractivity contribution < 1.29 is 9.59 Å². The van der Waals surface area contributed by atoms with E-state index in [2.05, 4.69) is 10.3 Å². The smallest absolute Gasteiger partial charge is 0.255 e. The summed E-state index contributed by atoms with van der Waals surface area (Å²) in [5.41, 5.74) is 0.301. The van der Waals surface area contributed by atoms with Crippen molar-refractivity contribution >= 4 is 35.0 Å². The highest BCUT2D eigenvalue weighted by Crippen LogP contribution is 2.20. The second-order valence-corrected chi connectivity index (χ2v) is 4.25. The van der Waals surface area contributed by atoms with Gasteiger partial charge in [0.1, 0.15) is 5.15 Å². The van der Waals surface area contributed by atoms with Crippen molar-refractivity contribution in [2.45, 2.75) is 6.92 Å². The van der Waals surface area contributed by atoms with Crippen LogP contribution >= 0.6 is 23.2 Å². The lowest BCUT2D eigenvalue weighted by Gasteiger charge is -2.19. The second kappa shape index (κ2) is 6.56. The summed E-state index contributed by atoms with van der Waals surface area (Å²) >= 11 is 11.5. The number of rotatable bonds is 4. The fraction of sp³-hybridized carbons (Fsp3) is 0.364. The average Bonchev–Trinajstić information content (AvgIpc) is 2.38. The molecule has 98 valence electrons. The molecule has 0 aliphatic carbocycles. The van der Waals surface area contributed by atoms with Gasteiger partial charge < -0.3 is 10.2 Å². The van der Waals surface area contributed by atoms with E-state index in [4.69, 9.17) is 23.2 Å². The zero-order valence-electron chi connectivity index (χ0n) is 10.0. The Morgan fingerprint density at radius 3 is 2.61 bits per heavy atom. The number of carbonyl (C=O) groups is 2. The molecular weight excluding hydrogens is 277 g/mol. The molecule has 0 spiro atoms. The molecule has 2 amide bonds. The molecule has 0 atom stereocenters. The summed E-state index contributed by atoms with van der Waals surface area (Å²) in [5.74, 6) is -0.551. The molecule has 0 saturated carbocycles. The monoisotopic (exact) mass is 289 g/mol. The summed E-state index contributed by atoms with van der Waals surface area (Å²) in [6, 6.07) is 1.44. The summed E-state index contributed by atoms with van der Waals surface area (Å²) in [6.45, 7) is 2.18. The number of hydrogen-bond acceptors (Lipinski definition) is 3. The van der Waals surface area contributed by atoms with Crippen LogP contribution in [-0.2, 0) is 4.79 Å². The van der Waals surface area contributed by atoms with Gasteiger partial charge >= 0.3 is 0 Å². The van der Waals surface area contributed by atoms with Crippen LogP contribution in [0.15, 0.2) is 12.3 Å². The molecule has 0 fully saturated rings. The van der Waals surface area contributed by atoms with Gasteiger partial charge in [-0.1, -0.05) is 23.2 Å². The van der Waals surface area contributed by atoms with Gasteiger partial charge in [-0.15, -0.1) is 0 Å². The van der Waals surface area contributed by atoms with Crippen LogP contribution in [-0.4, -0.2) is 41.8 Å². The number of likely N-dealkylation sites (N-methyl/N-ethyl adjacent to an activating group) is 2. The van der Waals surface area contributed by atoms with E-state index < -0.39 is 0 Å². The first-order chi connectivity index (χ1) is 8.49. The third kappa shape index (κ3) is 3.58. The molecule has 1 aromatic heterocycles. The SMILES string of the molecule is CCN(CC(=O)NC)C(=O)c1cnc(Cl)c(Cl)c1. The molecule has 0 radical (unpaired) electrons. The number of pyridine rings is 1. The maximum absolute atomic E-state index is 12.1. The fourth-order valence-electron chi connectivity index (χ4n) is 1.30. The van der Waals surface area contributed by atoms with E-state index in [1.54, 1.807) is 6.92 Å². The lowest BCUT2D eigenvalue weighted by molar-refractivity contribution is -0.121. The quantitative estimate of drug-likeness (QED) is 0.857. The number of halogens is 2. The highest BCUT2D eigenvalue weighted by Gasteiger charge is 2.18. The van der Waals surface area contributed by atoms with Gasteiger partial charge in [-0.05, 0) is 13.0 Å². The lowest BCUT2D eigenvalue weighted by atomic mass is 10.2. The van der Waals surface area contributed by atoms with E-state index in [0.29, 0.717) is 12.1 Å². The third-order valence-corrected chi connectivity index (χ3v) is 3.01. The Kier molecular flexibility index (Phi) is 5.37. The molecule has 0 unspecified atom stereocenters. The highest BCUT2D eigenvalue weighted by atomic mass is 35.5. The first-order valence-electron chi connectivity index (χ1n) is 5.30. The fourth-order valence-corrected chi connectivity index (χ4v) is 1.57. The topological polar surface area (TPSA) is 62.3 Å². The van der Waals surface area contributed by atoms with Gasteiger partial charge in [0, 0.05) is 19.8 Å². The summed E-state index contributed by atoms with van der Waals surface area (Å²) in [7, 11) is 1.52. The van der Waals surface area contributed by atoms with Gasteiger partial charge in [0.25, 0.3) is 5.91 Å². The van der Waals surface area contributed by atoms with Gasteiger partial charge in [-0.2, -0.15) is 0 Å². The van der Waals surface area contributed by atoms with E-state index in [-0.39, 0.29) is 28.5 Å². The minimum Gasteiger partial charge on any atom is -0.358 e. The Morgan fingerprint density at radius 2 is 2.11 bits per heavy atom. The van der Waals surface area contributed by atoms with Crippen molar-refractivity contribution in [1.29, 1.82) is 0 Å². The van der Waals surface area contributed by atoms with E-state index in [0.717, 1.165) is 0 Å². The van der Waals surface area contributed by atoms with Crippen molar-refractivity contribution in [3.8, 4) is 0 Å². The Bertz CT molecular complexity index is 466. The summed E-state index contributed by atoms with van der Waals surface area (Å²) in [5, 5.41) is 2.81. The predicted molar refractivity (Wildman–Crippen MR) is 69.9 cm³/mol. The molecule has 1 heterocycles. The van der Waals surface area contributed by atoms with Crippen molar-refractivity contribution in [3.63, 3.8) is 0 Å². The van der Waals surface area contributed by atoms with Crippen molar-refractivity contribution in [2.75, 3.05) is 20.1 Å². The molecule has 7 heteroatoms. The standard InChI is InChI=1S/C11H13Cl2N3O2/c1-3-16(6-9(17)14-2)11(18)7-4-8(12)10(13)15-5-7/h4-5H,3,6H2,1-2H3,(H,14,17). The van der Waals surface area contributed by atoms with Crippen LogP contribution in [0.3, 0.4) is 0 Å². The zero-order chi connectivity index (χ0) is 13.7. The number of nitrogens with zero attached hydrogens (tertiary/aromatic N) is 2. The minimum absolute atomic E-state index is 0.00786. The van der Waals surface area contributed by atoms with Crippen LogP contribution in [0, 0.1) is 0 Å². The Labute approximate surface area is 115 Å². The average molecular weight is 290 g/mol. The number of amides is 2. The normalized spacial score (nSPS) is 10.0. The van der Waals surface area contributed by atoms with Crippen LogP contribution in [0.5, 0.6) is 0 Å². The zero-order valence-corrected chi connectivity index (χ0v) is 11.5. The molecule has 1 N–H and O–H groups in total.